The molecule has 29 heavy (non-hydrogen) atoms. The molecule has 0 saturated heterocycles. The number of aliphatic carboxylic acids is 1. The number of hydrogen-bond acceptors (Lipinski definition) is 6. The predicted octanol–water partition coefficient (Wildman–Crippen LogP) is 4.39. The quantitative estimate of drug-likeness (QED) is 0.636. The average molecular weight is 391 g/mol. The highest BCUT2D eigenvalue weighted by molar-refractivity contribution is 5.68. The Balaban J connectivity index is 1.91. The van der Waals surface area contributed by atoms with E-state index < -0.39 is 5.97 Å². The van der Waals surface area contributed by atoms with Crippen LogP contribution in [0.4, 0.5) is 0 Å². The maximum atomic E-state index is 10.9. The van der Waals surface area contributed by atoms with E-state index in [1.54, 1.807) is 18.2 Å². The lowest BCUT2D eigenvalue weighted by Gasteiger charge is -2.11. The molecule has 3 rings (SSSR count). The van der Waals surface area contributed by atoms with Crippen molar-refractivity contribution in [2.45, 2.75) is 39.7 Å². The van der Waals surface area contributed by atoms with Crippen molar-refractivity contribution in [2.75, 3.05) is 0 Å². The Labute approximate surface area is 168 Å². The summed E-state index contributed by atoms with van der Waals surface area (Å²) in [6.07, 6.45) is 0.450. The van der Waals surface area contributed by atoms with E-state index in [-0.39, 0.29) is 12.5 Å². The molecule has 0 aliphatic heterocycles. The third kappa shape index (κ3) is 4.61. The van der Waals surface area contributed by atoms with Crippen molar-refractivity contribution >= 4 is 5.97 Å². The smallest absolute Gasteiger partial charge is 0.303 e. The Bertz CT molecular complexity index is 1080. The molecule has 1 heterocycles. The fourth-order valence-corrected chi connectivity index (χ4v) is 3.00. The standard InChI is InChI=1S/C22H21N3O4/c1-13(2)28-19-9-7-16(11-17(19)12-23)22-24-21(25-29-22)18-6-4-5-15(14(18)3)8-10-20(26)27/h4-7,9,11,13H,8,10H2,1-3H3,(H,26,27). The van der Waals surface area contributed by atoms with E-state index in [4.69, 9.17) is 14.4 Å². The minimum absolute atomic E-state index is 0.0423. The molecule has 0 radical (unpaired) electrons. The molecule has 0 saturated carbocycles. The molecule has 1 N–H and O–H groups in total. The van der Waals surface area contributed by atoms with Gasteiger partial charge in [0.25, 0.3) is 5.89 Å². The van der Waals surface area contributed by atoms with Crippen molar-refractivity contribution in [3.63, 3.8) is 0 Å². The summed E-state index contributed by atoms with van der Waals surface area (Å²) in [6, 6.07) is 12.9. The lowest BCUT2D eigenvalue weighted by Crippen LogP contribution is -2.06. The summed E-state index contributed by atoms with van der Waals surface area (Å²) >= 11 is 0. The SMILES string of the molecule is Cc1c(CCC(=O)O)cccc1-c1noc(-c2ccc(OC(C)C)c(C#N)c2)n1. The number of aromatic nitrogens is 2. The van der Waals surface area contributed by atoms with E-state index in [0.717, 1.165) is 16.7 Å². The van der Waals surface area contributed by atoms with Crippen LogP contribution in [0.2, 0.25) is 0 Å². The first kappa shape index (κ1) is 20.1. The number of ether oxygens (including phenoxy) is 1. The van der Waals surface area contributed by atoms with E-state index >= 15 is 0 Å². The highest BCUT2D eigenvalue weighted by Crippen LogP contribution is 2.29. The molecule has 0 amide bonds. The monoisotopic (exact) mass is 391 g/mol. The van der Waals surface area contributed by atoms with Gasteiger partial charge in [-0.15, -0.1) is 0 Å². The Morgan fingerprint density at radius 1 is 1.31 bits per heavy atom. The number of aryl methyl sites for hydroxylation is 1. The van der Waals surface area contributed by atoms with E-state index in [2.05, 4.69) is 16.2 Å². The Kier molecular flexibility index (Phi) is 5.93. The molecule has 1 aromatic heterocycles. The molecule has 148 valence electrons. The molecule has 0 aliphatic carbocycles. The number of rotatable bonds is 7. The van der Waals surface area contributed by atoms with Gasteiger partial charge in [-0.3, -0.25) is 4.79 Å². The van der Waals surface area contributed by atoms with Gasteiger partial charge in [0, 0.05) is 17.5 Å². The largest absolute Gasteiger partial charge is 0.490 e. The maximum absolute atomic E-state index is 10.9. The van der Waals surface area contributed by atoms with E-state index in [9.17, 15) is 10.1 Å². The number of hydrogen-bond donors (Lipinski definition) is 1. The number of nitrogens with zero attached hydrogens (tertiary/aromatic N) is 3. The number of carboxylic acid groups (broad SMARTS) is 1. The van der Waals surface area contributed by atoms with Crippen LogP contribution in [0.25, 0.3) is 22.8 Å². The number of benzene rings is 2. The third-order valence-electron chi connectivity index (χ3n) is 4.43. The first-order valence-corrected chi connectivity index (χ1v) is 9.24. The van der Waals surface area contributed by atoms with Crippen LogP contribution >= 0.6 is 0 Å². The van der Waals surface area contributed by atoms with E-state index in [1.165, 1.54) is 0 Å². The predicted molar refractivity (Wildman–Crippen MR) is 106 cm³/mol. The van der Waals surface area contributed by atoms with Crippen molar-refractivity contribution in [1.82, 2.24) is 10.1 Å². The van der Waals surface area contributed by atoms with Gasteiger partial charge in [0.05, 0.1) is 11.7 Å². The van der Waals surface area contributed by atoms with Gasteiger partial charge in [0.2, 0.25) is 5.82 Å². The van der Waals surface area contributed by atoms with Crippen molar-refractivity contribution in [3.05, 3.63) is 53.1 Å². The first-order chi connectivity index (χ1) is 13.9. The molecule has 7 heteroatoms. The van der Waals surface area contributed by atoms with Crippen LogP contribution < -0.4 is 4.74 Å². The lowest BCUT2D eigenvalue weighted by atomic mass is 9.98. The zero-order chi connectivity index (χ0) is 21.0. The molecular weight excluding hydrogens is 370 g/mol. The minimum atomic E-state index is -0.838. The van der Waals surface area contributed by atoms with E-state index in [0.29, 0.717) is 35.0 Å². The van der Waals surface area contributed by atoms with E-state index in [1.807, 2.05) is 39.0 Å². The highest BCUT2D eigenvalue weighted by Gasteiger charge is 2.16. The van der Waals surface area contributed by atoms with Gasteiger partial charge >= 0.3 is 5.97 Å². The van der Waals surface area contributed by atoms with Crippen molar-refractivity contribution < 1.29 is 19.2 Å². The van der Waals surface area contributed by atoms with Crippen LogP contribution in [0.15, 0.2) is 40.9 Å². The fraction of sp³-hybridized carbons (Fsp3) is 0.273. The van der Waals surface area contributed by atoms with Gasteiger partial charge in [0.1, 0.15) is 11.8 Å². The number of nitriles is 1. The van der Waals surface area contributed by atoms with Crippen LogP contribution in [0.3, 0.4) is 0 Å². The maximum Gasteiger partial charge on any atom is 0.303 e. The minimum Gasteiger partial charge on any atom is -0.490 e. The van der Waals surface area contributed by atoms with Gasteiger partial charge < -0.3 is 14.4 Å². The molecule has 2 aromatic carbocycles. The summed E-state index contributed by atoms with van der Waals surface area (Å²) in [5.74, 6) is 0.376. The second-order valence-electron chi connectivity index (χ2n) is 6.90. The van der Waals surface area contributed by atoms with Crippen LogP contribution in [0.1, 0.15) is 37.0 Å². The molecule has 0 aliphatic rings. The molecule has 0 unspecified atom stereocenters. The third-order valence-corrected chi connectivity index (χ3v) is 4.43. The van der Waals surface area contributed by atoms with Crippen LogP contribution in [-0.4, -0.2) is 27.3 Å². The Morgan fingerprint density at radius 3 is 2.79 bits per heavy atom. The molecule has 0 atom stereocenters. The summed E-state index contributed by atoms with van der Waals surface area (Å²) in [4.78, 5) is 15.3. The number of carbonyl (C=O) groups is 1. The zero-order valence-corrected chi connectivity index (χ0v) is 16.5. The molecule has 0 bridgehead atoms. The summed E-state index contributed by atoms with van der Waals surface area (Å²) < 4.78 is 11.1. The van der Waals surface area contributed by atoms with Gasteiger partial charge in [-0.1, -0.05) is 23.4 Å². The molecule has 0 spiro atoms. The van der Waals surface area contributed by atoms with Gasteiger partial charge in [0.15, 0.2) is 0 Å². The van der Waals surface area contributed by atoms with Gasteiger partial charge in [-0.05, 0) is 56.5 Å². The topological polar surface area (TPSA) is 109 Å². The molecule has 7 nitrogen and oxygen atoms in total. The normalized spacial score (nSPS) is 10.7. The van der Waals surface area contributed by atoms with Crippen molar-refractivity contribution in [2.24, 2.45) is 0 Å². The fourth-order valence-electron chi connectivity index (χ4n) is 3.00. The van der Waals surface area contributed by atoms with Crippen LogP contribution in [0, 0.1) is 18.3 Å². The lowest BCUT2D eigenvalue weighted by molar-refractivity contribution is -0.136. The average Bonchev–Trinajstić information content (AvgIpc) is 3.17. The summed E-state index contributed by atoms with van der Waals surface area (Å²) in [6.45, 7) is 5.70. The van der Waals surface area contributed by atoms with Crippen LogP contribution in [0.5, 0.6) is 5.75 Å². The summed E-state index contributed by atoms with van der Waals surface area (Å²) in [5.41, 5.74) is 3.64. The molecule has 3 aromatic rings. The second-order valence-corrected chi connectivity index (χ2v) is 6.90. The van der Waals surface area contributed by atoms with Crippen molar-refractivity contribution in [3.8, 4) is 34.7 Å². The van der Waals surface area contributed by atoms with Crippen molar-refractivity contribution in [1.29, 1.82) is 5.26 Å². The summed E-state index contributed by atoms with van der Waals surface area (Å²) in [7, 11) is 0. The van der Waals surface area contributed by atoms with Crippen LogP contribution in [-0.2, 0) is 11.2 Å². The highest BCUT2D eigenvalue weighted by atomic mass is 16.5. The summed E-state index contributed by atoms with van der Waals surface area (Å²) in [5, 5.41) is 22.4. The first-order valence-electron chi connectivity index (χ1n) is 9.24. The molecular formula is C22H21N3O4. The van der Waals surface area contributed by atoms with Gasteiger partial charge in [-0.25, -0.2) is 0 Å². The zero-order valence-electron chi connectivity index (χ0n) is 16.5. The second kappa shape index (κ2) is 8.57. The molecule has 0 fully saturated rings. The Hall–Kier alpha value is -3.66. The van der Waals surface area contributed by atoms with Gasteiger partial charge in [-0.2, -0.15) is 10.2 Å². The number of carboxylic acids is 1. The Morgan fingerprint density at radius 2 is 2.10 bits per heavy atom.